The molecule has 46 heavy (non-hydrogen) atoms. The largest absolute Gasteiger partial charge is 0.494 e. The van der Waals surface area contributed by atoms with Crippen molar-refractivity contribution >= 4 is 63.3 Å². The standard InChI is InChI=1S/C32H36N11O2P/c1-41-12-14-43(15-13-41)26-17-27(45-3)25(16-22(26)20-18-36-42(2)19-20)38-32-39-30-21(8-9-35-30)31(40-32)37-24-7-6-23-28(34-11-10-33-23)29(24)46(4,5)44/h6-11,16-19H,12-15H2,1-5H3,(H3,35,37,38,39,40). The lowest BCUT2D eigenvalue weighted by Crippen LogP contribution is -2.44. The number of benzene rings is 2. The van der Waals surface area contributed by atoms with Crippen LogP contribution < -0.4 is 25.6 Å². The minimum absolute atomic E-state index is 0.360. The van der Waals surface area contributed by atoms with Crippen LogP contribution in [0.1, 0.15) is 0 Å². The van der Waals surface area contributed by atoms with Crippen molar-refractivity contribution in [3.05, 3.63) is 61.3 Å². The molecule has 7 rings (SSSR count). The molecule has 0 saturated carbocycles. The lowest BCUT2D eigenvalue weighted by atomic mass is 10.0. The van der Waals surface area contributed by atoms with Crippen LogP contribution >= 0.6 is 7.14 Å². The summed E-state index contributed by atoms with van der Waals surface area (Å²) in [6.07, 6.45) is 8.95. The van der Waals surface area contributed by atoms with Crippen molar-refractivity contribution in [2.24, 2.45) is 7.05 Å². The summed E-state index contributed by atoms with van der Waals surface area (Å²) in [5.41, 5.74) is 6.41. The van der Waals surface area contributed by atoms with Crippen LogP contribution in [0.5, 0.6) is 5.75 Å². The minimum atomic E-state index is -2.78. The molecular weight excluding hydrogens is 601 g/mol. The number of nitrogens with one attached hydrogen (secondary N) is 3. The average Bonchev–Trinajstić information content (AvgIpc) is 3.70. The molecule has 236 valence electrons. The van der Waals surface area contributed by atoms with E-state index in [-0.39, 0.29) is 0 Å². The van der Waals surface area contributed by atoms with Gasteiger partial charge >= 0.3 is 0 Å². The normalized spacial score (nSPS) is 14.2. The van der Waals surface area contributed by atoms with E-state index in [1.165, 1.54) is 0 Å². The van der Waals surface area contributed by atoms with Crippen molar-refractivity contribution < 1.29 is 9.30 Å². The van der Waals surface area contributed by atoms with Gasteiger partial charge in [-0.2, -0.15) is 15.1 Å². The molecule has 13 nitrogen and oxygen atoms in total. The molecule has 0 amide bonds. The van der Waals surface area contributed by atoms with Gasteiger partial charge in [-0.1, -0.05) is 0 Å². The van der Waals surface area contributed by atoms with E-state index in [0.29, 0.717) is 50.9 Å². The van der Waals surface area contributed by atoms with Crippen LogP contribution in [0, 0.1) is 0 Å². The minimum Gasteiger partial charge on any atom is -0.494 e. The number of aromatic nitrogens is 7. The summed E-state index contributed by atoms with van der Waals surface area (Å²) in [6, 6.07) is 9.80. The zero-order valence-electron chi connectivity index (χ0n) is 26.4. The van der Waals surface area contributed by atoms with Gasteiger partial charge in [0, 0.05) is 80.9 Å². The number of aryl methyl sites for hydroxylation is 1. The highest BCUT2D eigenvalue weighted by Crippen LogP contribution is 2.42. The van der Waals surface area contributed by atoms with E-state index in [2.05, 4.69) is 59.7 Å². The summed E-state index contributed by atoms with van der Waals surface area (Å²) in [5.74, 6) is 1.57. The van der Waals surface area contributed by atoms with E-state index in [9.17, 15) is 4.57 Å². The SMILES string of the molecule is COc1cc(N2CCN(C)CC2)c(-c2cnn(C)c2)cc1Nc1nc(Nc2ccc3nccnc3c2P(C)(C)=O)c2cc[nH]c2n1. The molecule has 4 aromatic heterocycles. The van der Waals surface area contributed by atoms with Gasteiger partial charge in [0.1, 0.15) is 29.9 Å². The van der Waals surface area contributed by atoms with Gasteiger partial charge in [-0.05, 0) is 44.6 Å². The lowest BCUT2D eigenvalue weighted by Gasteiger charge is -2.35. The molecule has 0 aliphatic carbocycles. The molecule has 5 heterocycles. The van der Waals surface area contributed by atoms with Crippen molar-refractivity contribution in [3.63, 3.8) is 0 Å². The maximum absolute atomic E-state index is 13.6. The maximum atomic E-state index is 13.6. The highest BCUT2D eigenvalue weighted by atomic mass is 31.2. The third-order valence-electron chi connectivity index (χ3n) is 8.25. The van der Waals surface area contributed by atoms with Gasteiger partial charge in [-0.25, -0.2) is 0 Å². The first-order valence-electron chi connectivity index (χ1n) is 15.0. The molecule has 6 aromatic rings. The van der Waals surface area contributed by atoms with Gasteiger partial charge in [-0.15, -0.1) is 0 Å². The Morgan fingerprint density at radius 2 is 1.76 bits per heavy atom. The number of fused-ring (bicyclic) bond motifs is 2. The number of hydrogen-bond donors (Lipinski definition) is 3. The molecule has 2 aromatic carbocycles. The second-order valence-electron chi connectivity index (χ2n) is 11.9. The number of hydrogen-bond acceptors (Lipinski definition) is 11. The van der Waals surface area contributed by atoms with Crippen LogP contribution in [0.15, 0.2) is 61.3 Å². The van der Waals surface area contributed by atoms with Gasteiger partial charge in [0.15, 0.2) is 0 Å². The summed E-state index contributed by atoms with van der Waals surface area (Å²) in [4.78, 5) is 26.6. The van der Waals surface area contributed by atoms with Gasteiger partial charge in [0.05, 0.1) is 40.9 Å². The molecule has 3 N–H and O–H groups in total. The summed E-state index contributed by atoms with van der Waals surface area (Å²) in [7, 11) is 2.95. The number of methoxy groups -OCH3 is 1. The van der Waals surface area contributed by atoms with E-state index in [0.717, 1.165) is 48.4 Å². The van der Waals surface area contributed by atoms with Crippen LogP contribution in [-0.2, 0) is 11.6 Å². The molecule has 1 aliphatic rings. The van der Waals surface area contributed by atoms with Gasteiger partial charge in [0.2, 0.25) is 5.95 Å². The fourth-order valence-electron chi connectivity index (χ4n) is 5.94. The second kappa shape index (κ2) is 11.7. The summed E-state index contributed by atoms with van der Waals surface area (Å²) in [5, 5.41) is 12.7. The third kappa shape index (κ3) is 5.63. The first kappa shape index (κ1) is 29.7. The predicted octanol–water partition coefficient (Wildman–Crippen LogP) is 4.80. The molecule has 14 heteroatoms. The Bertz CT molecular complexity index is 2110. The Morgan fingerprint density at radius 3 is 2.50 bits per heavy atom. The second-order valence-corrected chi connectivity index (χ2v) is 15.0. The van der Waals surface area contributed by atoms with E-state index >= 15 is 0 Å². The third-order valence-corrected chi connectivity index (χ3v) is 9.77. The Labute approximate surface area is 266 Å². The first-order chi connectivity index (χ1) is 22.2. The maximum Gasteiger partial charge on any atom is 0.231 e. The molecule has 0 bridgehead atoms. The quantitative estimate of drug-likeness (QED) is 0.198. The fraction of sp³-hybridized carbons (Fsp3) is 0.281. The Balaban J connectivity index is 1.31. The van der Waals surface area contributed by atoms with Crippen LogP contribution in [0.2, 0.25) is 0 Å². The van der Waals surface area contributed by atoms with E-state index in [1.54, 1.807) is 37.5 Å². The van der Waals surface area contributed by atoms with E-state index in [4.69, 9.17) is 14.7 Å². The van der Waals surface area contributed by atoms with Crippen molar-refractivity contribution in [1.29, 1.82) is 0 Å². The average molecular weight is 638 g/mol. The fourth-order valence-corrected chi connectivity index (χ4v) is 7.34. The molecule has 0 radical (unpaired) electrons. The van der Waals surface area contributed by atoms with Crippen molar-refractivity contribution in [1.82, 2.24) is 39.6 Å². The summed E-state index contributed by atoms with van der Waals surface area (Å²) in [6.45, 7) is 7.24. The number of aromatic amines is 1. The monoisotopic (exact) mass is 637 g/mol. The van der Waals surface area contributed by atoms with E-state index in [1.807, 2.05) is 43.8 Å². The summed E-state index contributed by atoms with van der Waals surface area (Å²) >= 11 is 0. The lowest BCUT2D eigenvalue weighted by molar-refractivity contribution is 0.313. The number of piperazine rings is 1. The Hall–Kier alpha value is -5.00. The molecule has 1 fully saturated rings. The topological polar surface area (TPSA) is 142 Å². The van der Waals surface area contributed by atoms with Crippen molar-refractivity contribution in [3.8, 4) is 16.9 Å². The molecule has 1 saturated heterocycles. The smallest absolute Gasteiger partial charge is 0.231 e. The van der Waals surface area contributed by atoms with Crippen LogP contribution in [-0.4, -0.2) is 93.3 Å². The van der Waals surface area contributed by atoms with Crippen LogP contribution in [0.3, 0.4) is 0 Å². The van der Waals surface area contributed by atoms with Crippen molar-refractivity contribution in [2.45, 2.75) is 0 Å². The highest BCUT2D eigenvalue weighted by molar-refractivity contribution is 7.71. The molecule has 0 unspecified atom stereocenters. The van der Waals surface area contributed by atoms with E-state index < -0.39 is 7.14 Å². The molecule has 0 atom stereocenters. The summed E-state index contributed by atoms with van der Waals surface area (Å²) < 4.78 is 21.3. The van der Waals surface area contributed by atoms with Gasteiger partial charge < -0.3 is 34.7 Å². The number of rotatable bonds is 8. The highest BCUT2D eigenvalue weighted by Gasteiger charge is 2.24. The van der Waals surface area contributed by atoms with Crippen LogP contribution in [0.25, 0.3) is 33.2 Å². The Morgan fingerprint density at radius 1 is 0.957 bits per heavy atom. The number of anilines is 5. The van der Waals surface area contributed by atoms with Gasteiger partial charge in [-0.3, -0.25) is 14.6 Å². The number of H-pyrrole nitrogens is 1. The molecular formula is C32H36N11O2P. The first-order valence-corrected chi connectivity index (χ1v) is 17.6. The number of ether oxygens (including phenoxy) is 1. The zero-order valence-corrected chi connectivity index (χ0v) is 27.3. The van der Waals surface area contributed by atoms with Crippen LogP contribution in [0.4, 0.5) is 28.8 Å². The van der Waals surface area contributed by atoms with Crippen molar-refractivity contribution in [2.75, 3.05) is 69.2 Å². The molecule has 1 aliphatic heterocycles. The molecule has 0 spiro atoms. The predicted molar refractivity (Wildman–Crippen MR) is 184 cm³/mol. The zero-order chi connectivity index (χ0) is 32.0. The van der Waals surface area contributed by atoms with Gasteiger partial charge in [0.25, 0.3) is 0 Å². The Kier molecular flexibility index (Phi) is 7.58. The number of nitrogens with zero attached hydrogens (tertiary/aromatic N) is 8. The number of likely N-dealkylation sites (N-methyl/N-ethyl adjacent to an activating group) is 1.